The Morgan fingerprint density at radius 1 is 1.50 bits per heavy atom. The number of carboxylic acids is 1. The third-order valence-corrected chi connectivity index (χ3v) is 2.10. The van der Waals surface area contributed by atoms with E-state index < -0.39 is 5.97 Å². The Labute approximate surface area is 89.8 Å². The average molecular weight is 214 g/mol. The minimum absolute atomic E-state index is 0.0630. The number of carbonyl (C=O) groups is 1. The van der Waals surface area contributed by atoms with Crippen LogP contribution in [-0.2, 0) is 0 Å². The van der Waals surface area contributed by atoms with E-state index in [-0.39, 0.29) is 5.56 Å². The summed E-state index contributed by atoms with van der Waals surface area (Å²) in [6, 6.07) is 6.46. The molecule has 6 heteroatoms. The van der Waals surface area contributed by atoms with Crippen molar-refractivity contribution in [3.8, 4) is 0 Å². The van der Waals surface area contributed by atoms with E-state index in [1.54, 1.807) is 18.2 Å². The smallest absolute Gasteiger partial charge is 0.337 e. The molecule has 0 saturated carbocycles. The van der Waals surface area contributed by atoms with E-state index in [1.165, 1.54) is 12.3 Å². The number of benzene rings is 1. The molecular weight excluding hydrogens is 208 g/mol. The van der Waals surface area contributed by atoms with Crippen molar-refractivity contribution in [2.24, 2.45) is 5.11 Å². The van der Waals surface area contributed by atoms with E-state index in [0.29, 0.717) is 16.6 Å². The summed E-state index contributed by atoms with van der Waals surface area (Å²) in [5.41, 5.74) is 9.41. The summed E-state index contributed by atoms with van der Waals surface area (Å²) in [7, 11) is 0. The molecule has 0 aliphatic rings. The highest BCUT2D eigenvalue weighted by molar-refractivity contribution is 5.96. The summed E-state index contributed by atoms with van der Waals surface area (Å²) < 4.78 is 0. The van der Waals surface area contributed by atoms with Crippen molar-refractivity contribution in [1.82, 2.24) is 4.98 Å². The first-order chi connectivity index (χ1) is 7.72. The molecule has 1 aromatic heterocycles. The van der Waals surface area contributed by atoms with Crippen molar-refractivity contribution in [1.29, 1.82) is 0 Å². The monoisotopic (exact) mass is 214 g/mol. The van der Waals surface area contributed by atoms with Crippen molar-refractivity contribution < 1.29 is 9.90 Å². The third-order valence-electron chi connectivity index (χ3n) is 2.10. The van der Waals surface area contributed by atoms with Crippen LogP contribution in [0.25, 0.3) is 21.3 Å². The van der Waals surface area contributed by atoms with E-state index in [0.717, 1.165) is 0 Å². The lowest BCUT2D eigenvalue weighted by atomic mass is 10.1. The average Bonchev–Trinajstić information content (AvgIpc) is 2.29. The van der Waals surface area contributed by atoms with Gasteiger partial charge in [-0.1, -0.05) is 17.2 Å². The van der Waals surface area contributed by atoms with E-state index in [9.17, 15) is 4.79 Å². The Morgan fingerprint density at radius 2 is 2.31 bits per heavy atom. The molecule has 78 valence electrons. The van der Waals surface area contributed by atoms with Crippen molar-refractivity contribution in [2.45, 2.75) is 0 Å². The summed E-state index contributed by atoms with van der Waals surface area (Å²) in [4.78, 5) is 17.4. The largest absolute Gasteiger partial charge is 0.478 e. The van der Waals surface area contributed by atoms with Crippen LogP contribution < -0.4 is 0 Å². The lowest BCUT2D eigenvalue weighted by Crippen LogP contribution is -1.96. The van der Waals surface area contributed by atoms with Crippen molar-refractivity contribution in [3.63, 3.8) is 0 Å². The second-order valence-electron chi connectivity index (χ2n) is 3.06. The highest BCUT2D eigenvalue weighted by atomic mass is 16.4. The summed E-state index contributed by atoms with van der Waals surface area (Å²) in [5, 5.41) is 12.8. The molecule has 1 heterocycles. The number of rotatable bonds is 2. The Hall–Kier alpha value is -2.59. The number of carboxylic acid groups (broad SMARTS) is 1. The Balaban J connectivity index is 2.77. The van der Waals surface area contributed by atoms with Crippen LogP contribution in [0.1, 0.15) is 10.4 Å². The Kier molecular flexibility index (Phi) is 2.41. The molecule has 0 fully saturated rings. The van der Waals surface area contributed by atoms with Gasteiger partial charge in [0.2, 0.25) is 0 Å². The van der Waals surface area contributed by atoms with Gasteiger partial charge in [-0.05, 0) is 17.7 Å². The van der Waals surface area contributed by atoms with Gasteiger partial charge in [-0.15, -0.1) is 0 Å². The molecule has 1 aromatic carbocycles. The first-order valence-electron chi connectivity index (χ1n) is 4.39. The van der Waals surface area contributed by atoms with Crippen LogP contribution in [0.4, 0.5) is 5.69 Å². The topological polar surface area (TPSA) is 99.0 Å². The zero-order valence-electron chi connectivity index (χ0n) is 8.03. The molecule has 2 aromatic rings. The number of nitrogens with zero attached hydrogens (tertiary/aromatic N) is 4. The van der Waals surface area contributed by atoms with Crippen molar-refractivity contribution in [3.05, 3.63) is 46.5 Å². The predicted octanol–water partition coefficient (Wildman–Crippen LogP) is 2.87. The number of aromatic nitrogens is 1. The molecule has 0 aliphatic heterocycles. The van der Waals surface area contributed by atoms with Gasteiger partial charge in [-0.25, -0.2) is 4.79 Å². The van der Waals surface area contributed by atoms with Crippen LogP contribution in [0.2, 0.25) is 0 Å². The summed E-state index contributed by atoms with van der Waals surface area (Å²) >= 11 is 0. The number of pyridine rings is 1. The number of hydrogen-bond acceptors (Lipinski definition) is 3. The van der Waals surface area contributed by atoms with Crippen LogP contribution >= 0.6 is 0 Å². The summed E-state index contributed by atoms with van der Waals surface area (Å²) in [6.07, 6.45) is 1.27. The fourth-order valence-corrected chi connectivity index (χ4v) is 1.39. The van der Waals surface area contributed by atoms with Gasteiger partial charge in [-0.2, -0.15) is 0 Å². The molecule has 0 atom stereocenters. The number of azide groups is 1. The second kappa shape index (κ2) is 3.88. The molecule has 0 spiro atoms. The number of aromatic carboxylic acids is 1. The fraction of sp³-hybridized carbons (Fsp3) is 0. The van der Waals surface area contributed by atoms with Gasteiger partial charge < -0.3 is 5.11 Å². The molecule has 0 unspecified atom stereocenters. The standard InChI is InChI=1S/C10H6N4O2/c11-14-13-9-3-1-2-8-7(9)4-6(5-12-8)10(15)16/h1-5H,(H,15,16). The molecule has 0 radical (unpaired) electrons. The molecule has 0 aliphatic carbocycles. The third kappa shape index (κ3) is 1.65. The number of fused-ring (bicyclic) bond motifs is 1. The molecular formula is C10H6N4O2. The van der Waals surface area contributed by atoms with Gasteiger partial charge in [0, 0.05) is 22.2 Å². The molecule has 0 bridgehead atoms. The van der Waals surface area contributed by atoms with E-state index in [2.05, 4.69) is 15.0 Å². The van der Waals surface area contributed by atoms with Crippen LogP contribution in [-0.4, -0.2) is 16.1 Å². The normalized spacial score (nSPS) is 9.75. The quantitative estimate of drug-likeness (QED) is 0.472. The van der Waals surface area contributed by atoms with Crippen LogP contribution in [0.5, 0.6) is 0 Å². The van der Waals surface area contributed by atoms with Crippen LogP contribution in [0.15, 0.2) is 35.6 Å². The molecule has 0 amide bonds. The van der Waals surface area contributed by atoms with Gasteiger partial charge in [0.15, 0.2) is 0 Å². The first-order valence-corrected chi connectivity index (χ1v) is 4.39. The zero-order chi connectivity index (χ0) is 11.5. The summed E-state index contributed by atoms with van der Waals surface area (Å²) in [6.45, 7) is 0. The lowest BCUT2D eigenvalue weighted by Gasteiger charge is -2.01. The maximum atomic E-state index is 10.8. The predicted molar refractivity (Wildman–Crippen MR) is 57.5 cm³/mol. The highest BCUT2D eigenvalue weighted by Crippen LogP contribution is 2.25. The molecule has 0 saturated heterocycles. The second-order valence-corrected chi connectivity index (χ2v) is 3.06. The number of hydrogen-bond donors (Lipinski definition) is 1. The SMILES string of the molecule is [N-]=[N+]=Nc1cccc2ncc(C(=O)O)cc12. The van der Waals surface area contributed by atoms with Gasteiger partial charge in [0.25, 0.3) is 0 Å². The van der Waals surface area contributed by atoms with Gasteiger partial charge >= 0.3 is 5.97 Å². The highest BCUT2D eigenvalue weighted by Gasteiger charge is 2.06. The summed E-state index contributed by atoms with van der Waals surface area (Å²) in [5.74, 6) is -1.06. The molecule has 16 heavy (non-hydrogen) atoms. The maximum absolute atomic E-state index is 10.8. The van der Waals surface area contributed by atoms with E-state index in [1.807, 2.05) is 0 Å². The lowest BCUT2D eigenvalue weighted by molar-refractivity contribution is 0.0696. The van der Waals surface area contributed by atoms with Gasteiger partial charge in [0.1, 0.15) is 0 Å². The van der Waals surface area contributed by atoms with Gasteiger partial charge in [0.05, 0.1) is 11.1 Å². The fourth-order valence-electron chi connectivity index (χ4n) is 1.39. The maximum Gasteiger partial charge on any atom is 0.337 e. The van der Waals surface area contributed by atoms with Crippen molar-refractivity contribution >= 4 is 22.6 Å². The van der Waals surface area contributed by atoms with Gasteiger partial charge in [-0.3, -0.25) is 4.98 Å². The Morgan fingerprint density at radius 3 is 3.00 bits per heavy atom. The van der Waals surface area contributed by atoms with E-state index in [4.69, 9.17) is 10.6 Å². The van der Waals surface area contributed by atoms with E-state index >= 15 is 0 Å². The van der Waals surface area contributed by atoms with Crippen LogP contribution in [0, 0.1) is 0 Å². The minimum Gasteiger partial charge on any atom is -0.478 e. The zero-order valence-corrected chi connectivity index (χ0v) is 8.03. The Bertz CT molecular complexity index is 617. The minimum atomic E-state index is -1.06. The van der Waals surface area contributed by atoms with Crippen LogP contribution in [0.3, 0.4) is 0 Å². The van der Waals surface area contributed by atoms with Crippen molar-refractivity contribution in [2.75, 3.05) is 0 Å². The molecule has 6 nitrogen and oxygen atoms in total. The first kappa shape index (κ1) is 9.95. The molecule has 2 rings (SSSR count). The molecule has 1 N–H and O–H groups in total.